The second-order valence-corrected chi connectivity index (χ2v) is 5.16. The van der Waals surface area contributed by atoms with Crippen molar-refractivity contribution in [1.29, 1.82) is 0 Å². The van der Waals surface area contributed by atoms with Crippen molar-refractivity contribution in [3.8, 4) is 5.75 Å². The standard InChI is InChI=1S/C17H18BrNO2/c1-2-21-16-9-8-15(11-14(16)12-18)19-17(20)10-13-6-4-3-5-7-13/h3-9,11H,2,10,12H2,1H3,(H,19,20). The number of benzene rings is 2. The Labute approximate surface area is 133 Å². The average molecular weight is 348 g/mol. The van der Waals surface area contributed by atoms with E-state index < -0.39 is 0 Å². The predicted octanol–water partition coefficient (Wildman–Crippen LogP) is 4.16. The maximum absolute atomic E-state index is 12.0. The maximum atomic E-state index is 12.0. The van der Waals surface area contributed by atoms with Crippen LogP contribution in [-0.4, -0.2) is 12.5 Å². The van der Waals surface area contributed by atoms with E-state index in [4.69, 9.17) is 4.74 Å². The number of alkyl halides is 1. The lowest BCUT2D eigenvalue weighted by Gasteiger charge is -2.11. The largest absolute Gasteiger partial charge is 0.494 e. The van der Waals surface area contributed by atoms with Crippen LogP contribution in [0.3, 0.4) is 0 Å². The number of carbonyl (C=O) groups excluding carboxylic acids is 1. The molecule has 0 aromatic heterocycles. The monoisotopic (exact) mass is 347 g/mol. The number of halogens is 1. The minimum atomic E-state index is -0.0223. The van der Waals surface area contributed by atoms with E-state index in [2.05, 4.69) is 21.2 Å². The van der Waals surface area contributed by atoms with E-state index in [9.17, 15) is 4.79 Å². The van der Waals surface area contributed by atoms with E-state index in [1.807, 2.05) is 55.5 Å². The topological polar surface area (TPSA) is 38.3 Å². The van der Waals surface area contributed by atoms with Crippen molar-refractivity contribution < 1.29 is 9.53 Å². The molecule has 1 amide bonds. The highest BCUT2D eigenvalue weighted by atomic mass is 79.9. The number of anilines is 1. The van der Waals surface area contributed by atoms with Crippen LogP contribution in [0.2, 0.25) is 0 Å². The van der Waals surface area contributed by atoms with Gasteiger partial charge in [0.15, 0.2) is 0 Å². The average Bonchev–Trinajstić information content (AvgIpc) is 2.50. The quantitative estimate of drug-likeness (QED) is 0.796. The van der Waals surface area contributed by atoms with Gasteiger partial charge < -0.3 is 10.1 Å². The van der Waals surface area contributed by atoms with Gasteiger partial charge in [-0.25, -0.2) is 0 Å². The summed E-state index contributed by atoms with van der Waals surface area (Å²) < 4.78 is 5.54. The summed E-state index contributed by atoms with van der Waals surface area (Å²) in [6.07, 6.45) is 0.373. The fourth-order valence-electron chi connectivity index (χ4n) is 2.04. The zero-order chi connectivity index (χ0) is 15.1. The molecule has 0 heterocycles. The fourth-order valence-corrected chi connectivity index (χ4v) is 2.48. The van der Waals surface area contributed by atoms with Crippen molar-refractivity contribution in [2.24, 2.45) is 0 Å². The molecule has 1 N–H and O–H groups in total. The van der Waals surface area contributed by atoms with E-state index in [-0.39, 0.29) is 5.91 Å². The van der Waals surface area contributed by atoms with Crippen LogP contribution in [0.1, 0.15) is 18.1 Å². The van der Waals surface area contributed by atoms with Crippen LogP contribution in [0.25, 0.3) is 0 Å². The molecular formula is C17H18BrNO2. The first kappa shape index (κ1) is 15.6. The molecular weight excluding hydrogens is 330 g/mol. The number of carbonyl (C=O) groups is 1. The van der Waals surface area contributed by atoms with Crippen molar-refractivity contribution in [1.82, 2.24) is 0 Å². The minimum absolute atomic E-state index is 0.0223. The SMILES string of the molecule is CCOc1ccc(NC(=O)Cc2ccccc2)cc1CBr. The number of hydrogen-bond donors (Lipinski definition) is 1. The molecule has 0 aliphatic rings. The number of hydrogen-bond acceptors (Lipinski definition) is 2. The van der Waals surface area contributed by atoms with Gasteiger partial charge in [-0.05, 0) is 30.7 Å². The molecule has 0 bridgehead atoms. The predicted molar refractivity (Wildman–Crippen MR) is 89.0 cm³/mol. The van der Waals surface area contributed by atoms with Gasteiger partial charge in [0.25, 0.3) is 0 Å². The Bertz CT molecular complexity index is 599. The zero-order valence-electron chi connectivity index (χ0n) is 11.9. The molecule has 0 fully saturated rings. The Morgan fingerprint density at radius 2 is 1.95 bits per heavy atom. The van der Waals surface area contributed by atoms with E-state index in [0.717, 1.165) is 22.6 Å². The second-order valence-electron chi connectivity index (χ2n) is 4.60. The Balaban J connectivity index is 2.04. The minimum Gasteiger partial charge on any atom is -0.494 e. The molecule has 2 aromatic carbocycles. The number of amides is 1. The van der Waals surface area contributed by atoms with Crippen LogP contribution in [0.5, 0.6) is 5.75 Å². The summed E-state index contributed by atoms with van der Waals surface area (Å²) in [6.45, 7) is 2.58. The Kier molecular flexibility index (Phi) is 5.81. The van der Waals surface area contributed by atoms with E-state index >= 15 is 0 Å². The van der Waals surface area contributed by atoms with Gasteiger partial charge in [-0.15, -0.1) is 0 Å². The van der Waals surface area contributed by atoms with Crippen LogP contribution in [0, 0.1) is 0 Å². The Hall–Kier alpha value is -1.81. The first-order valence-electron chi connectivity index (χ1n) is 6.88. The molecule has 0 unspecified atom stereocenters. The second kappa shape index (κ2) is 7.84. The molecule has 0 spiro atoms. The highest BCUT2D eigenvalue weighted by molar-refractivity contribution is 9.08. The number of rotatable bonds is 6. The molecule has 0 atom stereocenters. The maximum Gasteiger partial charge on any atom is 0.228 e. The van der Waals surface area contributed by atoms with Crippen molar-refractivity contribution in [3.63, 3.8) is 0 Å². The van der Waals surface area contributed by atoms with Gasteiger partial charge in [-0.1, -0.05) is 46.3 Å². The molecule has 0 aliphatic heterocycles. The summed E-state index contributed by atoms with van der Waals surface area (Å²) in [6, 6.07) is 15.4. The van der Waals surface area contributed by atoms with Crippen LogP contribution in [-0.2, 0) is 16.5 Å². The molecule has 0 radical (unpaired) electrons. The lowest BCUT2D eigenvalue weighted by Crippen LogP contribution is -2.14. The third-order valence-corrected chi connectivity index (χ3v) is 3.60. The van der Waals surface area contributed by atoms with Gasteiger partial charge in [0, 0.05) is 16.6 Å². The summed E-state index contributed by atoms with van der Waals surface area (Å²) >= 11 is 3.44. The summed E-state index contributed by atoms with van der Waals surface area (Å²) in [5, 5.41) is 3.60. The molecule has 110 valence electrons. The lowest BCUT2D eigenvalue weighted by atomic mass is 10.1. The summed E-state index contributed by atoms with van der Waals surface area (Å²) in [7, 11) is 0. The van der Waals surface area contributed by atoms with E-state index in [0.29, 0.717) is 18.4 Å². The molecule has 4 heteroatoms. The van der Waals surface area contributed by atoms with Gasteiger partial charge >= 0.3 is 0 Å². The highest BCUT2D eigenvalue weighted by Crippen LogP contribution is 2.25. The van der Waals surface area contributed by atoms with E-state index in [1.165, 1.54) is 0 Å². The van der Waals surface area contributed by atoms with Gasteiger partial charge in [-0.2, -0.15) is 0 Å². The summed E-state index contributed by atoms with van der Waals surface area (Å²) in [4.78, 5) is 12.0. The zero-order valence-corrected chi connectivity index (χ0v) is 13.5. The Morgan fingerprint density at radius 3 is 2.62 bits per heavy atom. The molecule has 0 saturated carbocycles. The van der Waals surface area contributed by atoms with Crippen LogP contribution in [0.15, 0.2) is 48.5 Å². The van der Waals surface area contributed by atoms with Crippen molar-refractivity contribution in [3.05, 3.63) is 59.7 Å². The highest BCUT2D eigenvalue weighted by Gasteiger charge is 2.07. The molecule has 3 nitrogen and oxygen atoms in total. The van der Waals surface area contributed by atoms with Crippen molar-refractivity contribution in [2.45, 2.75) is 18.7 Å². The van der Waals surface area contributed by atoms with E-state index in [1.54, 1.807) is 0 Å². The smallest absolute Gasteiger partial charge is 0.228 e. The fraction of sp³-hybridized carbons (Fsp3) is 0.235. The van der Waals surface area contributed by atoms with Gasteiger partial charge in [0.05, 0.1) is 13.0 Å². The van der Waals surface area contributed by atoms with Crippen LogP contribution >= 0.6 is 15.9 Å². The molecule has 2 aromatic rings. The Morgan fingerprint density at radius 1 is 1.19 bits per heavy atom. The summed E-state index contributed by atoms with van der Waals surface area (Å²) in [5.74, 6) is 0.821. The molecule has 21 heavy (non-hydrogen) atoms. The molecule has 0 saturated heterocycles. The van der Waals surface area contributed by atoms with Gasteiger partial charge in [0.1, 0.15) is 5.75 Å². The van der Waals surface area contributed by atoms with Crippen molar-refractivity contribution >= 4 is 27.5 Å². The van der Waals surface area contributed by atoms with Crippen LogP contribution < -0.4 is 10.1 Å². The third-order valence-electron chi connectivity index (χ3n) is 3.00. The third kappa shape index (κ3) is 4.60. The number of ether oxygens (including phenoxy) is 1. The molecule has 2 rings (SSSR count). The van der Waals surface area contributed by atoms with Gasteiger partial charge in [0.2, 0.25) is 5.91 Å². The van der Waals surface area contributed by atoms with Crippen molar-refractivity contribution in [2.75, 3.05) is 11.9 Å². The lowest BCUT2D eigenvalue weighted by molar-refractivity contribution is -0.115. The molecule has 0 aliphatic carbocycles. The normalized spacial score (nSPS) is 10.2. The van der Waals surface area contributed by atoms with Crippen LogP contribution in [0.4, 0.5) is 5.69 Å². The first-order chi connectivity index (χ1) is 10.2. The number of nitrogens with one attached hydrogen (secondary N) is 1. The first-order valence-corrected chi connectivity index (χ1v) is 8.00. The van der Waals surface area contributed by atoms with Gasteiger partial charge in [-0.3, -0.25) is 4.79 Å². The summed E-state index contributed by atoms with van der Waals surface area (Å²) in [5.41, 5.74) is 2.81.